The Morgan fingerprint density at radius 1 is 1.16 bits per heavy atom. The molecule has 7 heteroatoms. The van der Waals surface area contributed by atoms with Crippen LogP contribution >= 0.6 is 0 Å². The molecule has 128 valence electrons. The molecule has 3 heterocycles. The standard InChI is InChI=1S/C18H18FN5O/c19-14-6-8-15(9-7-14)20-17(25)13-4-3-10-23(12-13)18-22-21-16-5-1-2-11-24(16)18/h1-2,5-9,11,13H,3-4,10,12H2,(H,20,25)/t13-/m0/s1. The minimum Gasteiger partial charge on any atom is -0.340 e. The van der Waals surface area contributed by atoms with Crippen LogP contribution in [0, 0.1) is 11.7 Å². The van der Waals surface area contributed by atoms with E-state index in [1.54, 1.807) is 12.1 Å². The molecule has 1 atom stereocenters. The van der Waals surface area contributed by atoms with Gasteiger partial charge < -0.3 is 10.2 Å². The Bertz CT molecular complexity index is 892. The first-order chi connectivity index (χ1) is 12.2. The van der Waals surface area contributed by atoms with Crippen LogP contribution in [-0.2, 0) is 4.79 Å². The van der Waals surface area contributed by atoms with E-state index in [-0.39, 0.29) is 17.6 Å². The van der Waals surface area contributed by atoms with Gasteiger partial charge in [-0.25, -0.2) is 4.39 Å². The molecule has 0 unspecified atom stereocenters. The molecule has 0 radical (unpaired) electrons. The largest absolute Gasteiger partial charge is 0.340 e. The highest BCUT2D eigenvalue weighted by Gasteiger charge is 2.28. The van der Waals surface area contributed by atoms with E-state index < -0.39 is 0 Å². The normalized spacial score (nSPS) is 17.6. The highest BCUT2D eigenvalue weighted by atomic mass is 19.1. The Morgan fingerprint density at radius 3 is 2.84 bits per heavy atom. The summed E-state index contributed by atoms with van der Waals surface area (Å²) in [5.74, 6) is 0.246. The van der Waals surface area contributed by atoms with E-state index in [1.165, 1.54) is 12.1 Å². The van der Waals surface area contributed by atoms with Gasteiger partial charge in [-0.1, -0.05) is 6.07 Å². The molecule has 1 aliphatic heterocycles. The van der Waals surface area contributed by atoms with Crippen LogP contribution in [0.5, 0.6) is 0 Å². The second-order valence-electron chi connectivity index (χ2n) is 6.21. The lowest BCUT2D eigenvalue weighted by molar-refractivity contribution is -0.120. The molecule has 2 aromatic heterocycles. The first kappa shape index (κ1) is 15.6. The van der Waals surface area contributed by atoms with E-state index in [0.29, 0.717) is 12.2 Å². The summed E-state index contributed by atoms with van der Waals surface area (Å²) >= 11 is 0. The lowest BCUT2D eigenvalue weighted by Gasteiger charge is -2.31. The molecule has 1 amide bonds. The van der Waals surface area contributed by atoms with Gasteiger partial charge in [0.05, 0.1) is 5.92 Å². The predicted molar refractivity (Wildman–Crippen MR) is 93.0 cm³/mol. The van der Waals surface area contributed by atoms with E-state index in [4.69, 9.17) is 0 Å². The number of halogens is 1. The number of carbonyl (C=O) groups is 1. The molecule has 3 aromatic rings. The number of anilines is 2. The zero-order valence-corrected chi connectivity index (χ0v) is 13.6. The predicted octanol–water partition coefficient (Wildman–Crippen LogP) is 2.72. The van der Waals surface area contributed by atoms with Crippen LogP contribution in [0.4, 0.5) is 16.0 Å². The number of rotatable bonds is 3. The van der Waals surface area contributed by atoms with Crippen molar-refractivity contribution >= 4 is 23.2 Å². The van der Waals surface area contributed by atoms with Crippen LogP contribution in [-0.4, -0.2) is 33.6 Å². The molecule has 4 rings (SSSR count). The number of piperidine rings is 1. The maximum atomic E-state index is 13.0. The number of pyridine rings is 1. The second-order valence-corrected chi connectivity index (χ2v) is 6.21. The number of carbonyl (C=O) groups excluding carboxylic acids is 1. The van der Waals surface area contributed by atoms with Gasteiger partial charge in [0.15, 0.2) is 5.65 Å². The van der Waals surface area contributed by atoms with Gasteiger partial charge in [0.1, 0.15) is 5.82 Å². The van der Waals surface area contributed by atoms with Crippen molar-refractivity contribution in [2.75, 3.05) is 23.3 Å². The summed E-state index contributed by atoms with van der Waals surface area (Å²) in [6, 6.07) is 11.6. The Balaban J connectivity index is 1.49. The van der Waals surface area contributed by atoms with Crippen molar-refractivity contribution in [3.8, 4) is 0 Å². The molecular formula is C18H18FN5O. The first-order valence-electron chi connectivity index (χ1n) is 8.32. The van der Waals surface area contributed by atoms with Crippen molar-refractivity contribution in [3.05, 3.63) is 54.5 Å². The number of nitrogens with zero attached hydrogens (tertiary/aromatic N) is 4. The zero-order valence-electron chi connectivity index (χ0n) is 13.6. The third-order valence-electron chi connectivity index (χ3n) is 4.48. The van der Waals surface area contributed by atoms with Crippen molar-refractivity contribution in [1.29, 1.82) is 0 Å². The van der Waals surface area contributed by atoms with Gasteiger partial charge >= 0.3 is 0 Å². The molecule has 1 N–H and O–H groups in total. The number of amides is 1. The highest BCUT2D eigenvalue weighted by molar-refractivity contribution is 5.93. The molecule has 1 saturated heterocycles. The maximum Gasteiger partial charge on any atom is 0.231 e. The maximum absolute atomic E-state index is 13.0. The number of hydrogen-bond acceptors (Lipinski definition) is 4. The number of fused-ring (bicyclic) bond motifs is 1. The third kappa shape index (κ3) is 3.17. The number of hydrogen-bond donors (Lipinski definition) is 1. The molecule has 6 nitrogen and oxygen atoms in total. The minimum absolute atomic E-state index is 0.0508. The van der Waals surface area contributed by atoms with Gasteiger partial charge in [0.25, 0.3) is 0 Å². The number of benzene rings is 1. The van der Waals surface area contributed by atoms with Gasteiger partial charge in [0.2, 0.25) is 11.9 Å². The summed E-state index contributed by atoms with van der Waals surface area (Å²) in [6.45, 7) is 1.43. The molecule has 25 heavy (non-hydrogen) atoms. The summed E-state index contributed by atoms with van der Waals surface area (Å²) in [6.07, 6.45) is 3.65. The van der Waals surface area contributed by atoms with Crippen molar-refractivity contribution in [3.63, 3.8) is 0 Å². The van der Waals surface area contributed by atoms with Crippen LogP contribution in [0.2, 0.25) is 0 Å². The van der Waals surface area contributed by atoms with Gasteiger partial charge in [-0.2, -0.15) is 0 Å². The van der Waals surface area contributed by atoms with Crippen LogP contribution in [0.25, 0.3) is 5.65 Å². The van der Waals surface area contributed by atoms with Crippen molar-refractivity contribution in [2.45, 2.75) is 12.8 Å². The van der Waals surface area contributed by atoms with E-state index in [0.717, 1.165) is 31.0 Å². The Labute approximate surface area is 144 Å². The van der Waals surface area contributed by atoms with E-state index >= 15 is 0 Å². The molecule has 0 bridgehead atoms. The summed E-state index contributed by atoms with van der Waals surface area (Å²) < 4.78 is 14.9. The third-order valence-corrected chi connectivity index (χ3v) is 4.48. The summed E-state index contributed by atoms with van der Waals surface area (Å²) in [4.78, 5) is 14.7. The Kier molecular flexibility index (Phi) is 4.05. The molecule has 0 saturated carbocycles. The lowest BCUT2D eigenvalue weighted by atomic mass is 9.97. The van der Waals surface area contributed by atoms with E-state index in [1.807, 2.05) is 28.8 Å². The minimum atomic E-state index is -0.319. The molecule has 1 fully saturated rings. The molecule has 0 aliphatic carbocycles. The quantitative estimate of drug-likeness (QED) is 0.797. The molecule has 0 spiro atoms. The Morgan fingerprint density at radius 2 is 2.00 bits per heavy atom. The SMILES string of the molecule is O=C(Nc1ccc(F)cc1)[C@H]1CCCN(c2nnc3ccccn23)C1. The summed E-state index contributed by atoms with van der Waals surface area (Å²) in [5, 5.41) is 11.3. The fourth-order valence-electron chi connectivity index (χ4n) is 3.19. The van der Waals surface area contributed by atoms with Gasteiger partial charge in [0, 0.05) is 25.0 Å². The van der Waals surface area contributed by atoms with Gasteiger partial charge in [-0.3, -0.25) is 9.20 Å². The zero-order chi connectivity index (χ0) is 17.2. The number of nitrogens with one attached hydrogen (secondary N) is 1. The van der Waals surface area contributed by atoms with Gasteiger partial charge in [-0.15, -0.1) is 10.2 Å². The highest BCUT2D eigenvalue weighted by Crippen LogP contribution is 2.23. The second kappa shape index (κ2) is 6.51. The van der Waals surface area contributed by atoms with Crippen LogP contribution in [0.1, 0.15) is 12.8 Å². The molecule has 1 aliphatic rings. The van der Waals surface area contributed by atoms with Gasteiger partial charge in [-0.05, 0) is 49.2 Å². The monoisotopic (exact) mass is 339 g/mol. The van der Waals surface area contributed by atoms with Crippen LogP contribution < -0.4 is 10.2 Å². The van der Waals surface area contributed by atoms with Crippen LogP contribution in [0.3, 0.4) is 0 Å². The lowest BCUT2D eigenvalue weighted by Crippen LogP contribution is -2.41. The first-order valence-corrected chi connectivity index (χ1v) is 8.32. The van der Waals surface area contributed by atoms with Crippen molar-refractivity contribution in [2.24, 2.45) is 5.92 Å². The summed E-state index contributed by atoms with van der Waals surface area (Å²) in [5.41, 5.74) is 1.40. The fourth-order valence-corrected chi connectivity index (χ4v) is 3.19. The topological polar surface area (TPSA) is 62.5 Å². The summed E-state index contributed by atoms with van der Waals surface area (Å²) in [7, 11) is 0. The van der Waals surface area contributed by atoms with Crippen molar-refractivity contribution in [1.82, 2.24) is 14.6 Å². The average molecular weight is 339 g/mol. The van der Waals surface area contributed by atoms with E-state index in [2.05, 4.69) is 20.4 Å². The fraction of sp³-hybridized carbons (Fsp3) is 0.278. The Hall–Kier alpha value is -2.96. The number of aromatic nitrogens is 3. The van der Waals surface area contributed by atoms with Crippen LogP contribution in [0.15, 0.2) is 48.7 Å². The van der Waals surface area contributed by atoms with Crippen molar-refractivity contribution < 1.29 is 9.18 Å². The average Bonchev–Trinajstić information content (AvgIpc) is 3.08. The van der Waals surface area contributed by atoms with E-state index in [9.17, 15) is 9.18 Å². The molecule has 1 aromatic carbocycles. The molecular weight excluding hydrogens is 321 g/mol. The smallest absolute Gasteiger partial charge is 0.231 e.